The summed E-state index contributed by atoms with van der Waals surface area (Å²) in [5.41, 5.74) is 9.50. The van der Waals surface area contributed by atoms with Gasteiger partial charge in [-0.3, -0.25) is 0 Å². The van der Waals surface area contributed by atoms with Crippen molar-refractivity contribution < 1.29 is 4.74 Å². The molecule has 0 spiro atoms. The van der Waals surface area contributed by atoms with Gasteiger partial charge in [-0.25, -0.2) is 0 Å². The minimum Gasteiger partial charge on any atom is -0.383 e. The van der Waals surface area contributed by atoms with Crippen molar-refractivity contribution in [3.05, 3.63) is 29.3 Å². The summed E-state index contributed by atoms with van der Waals surface area (Å²) in [4.78, 5) is 2.22. The van der Waals surface area contributed by atoms with E-state index in [-0.39, 0.29) is 0 Å². The fourth-order valence-electron chi connectivity index (χ4n) is 1.79. The van der Waals surface area contributed by atoms with Crippen LogP contribution in [-0.4, -0.2) is 33.9 Å². The second-order valence-electron chi connectivity index (χ2n) is 4.09. The minimum atomic E-state index is 0.689. The average molecular weight is 222 g/mol. The van der Waals surface area contributed by atoms with Crippen LogP contribution in [0, 0.1) is 6.92 Å². The summed E-state index contributed by atoms with van der Waals surface area (Å²) in [6.45, 7) is 4.44. The first-order valence-corrected chi connectivity index (χ1v) is 5.68. The van der Waals surface area contributed by atoms with Crippen molar-refractivity contribution >= 4 is 5.69 Å². The molecule has 0 heterocycles. The molecule has 0 saturated carbocycles. The van der Waals surface area contributed by atoms with Crippen LogP contribution in [0.25, 0.3) is 0 Å². The maximum atomic E-state index is 5.64. The van der Waals surface area contributed by atoms with Crippen molar-refractivity contribution in [1.29, 1.82) is 0 Å². The Labute approximate surface area is 98.2 Å². The van der Waals surface area contributed by atoms with Gasteiger partial charge in [-0.15, -0.1) is 0 Å². The van der Waals surface area contributed by atoms with E-state index in [1.807, 2.05) is 0 Å². The quantitative estimate of drug-likeness (QED) is 0.794. The number of benzene rings is 1. The monoisotopic (exact) mass is 222 g/mol. The number of hydrogen-bond donors (Lipinski definition) is 1. The lowest BCUT2D eigenvalue weighted by Crippen LogP contribution is -2.23. The molecule has 16 heavy (non-hydrogen) atoms. The largest absolute Gasteiger partial charge is 0.383 e. The van der Waals surface area contributed by atoms with Gasteiger partial charge in [0, 0.05) is 26.4 Å². The van der Waals surface area contributed by atoms with E-state index >= 15 is 0 Å². The number of likely N-dealkylation sites (N-methyl/N-ethyl adjacent to an activating group) is 1. The second kappa shape index (κ2) is 6.51. The first-order chi connectivity index (χ1) is 7.69. The molecule has 0 unspecified atom stereocenters. The van der Waals surface area contributed by atoms with Crippen molar-refractivity contribution in [2.45, 2.75) is 13.3 Å². The number of rotatable bonds is 6. The fourth-order valence-corrected chi connectivity index (χ4v) is 1.79. The minimum absolute atomic E-state index is 0.689. The molecule has 0 amide bonds. The van der Waals surface area contributed by atoms with Crippen LogP contribution in [0.2, 0.25) is 0 Å². The van der Waals surface area contributed by atoms with Crippen LogP contribution in [0.5, 0.6) is 0 Å². The van der Waals surface area contributed by atoms with Gasteiger partial charge in [-0.1, -0.05) is 17.7 Å². The zero-order valence-corrected chi connectivity index (χ0v) is 10.5. The molecule has 1 rings (SSSR count). The molecule has 0 aliphatic rings. The highest BCUT2D eigenvalue weighted by Gasteiger charge is 2.06. The molecule has 0 bridgehead atoms. The van der Waals surface area contributed by atoms with Gasteiger partial charge in [0.05, 0.1) is 6.61 Å². The maximum Gasteiger partial charge on any atom is 0.0637 e. The van der Waals surface area contributed by atoms with E-state index in [9.17, 15) is 0 Å². The molecule has 3 nitrogen and oxygen atoms in total. The normalized spacial score (nSPS) is 10.5. The van der Waals surface area contributed by atoms with E-state index in [0.717, 1.165) is 19.6 Å². The van der Waals surface area contributed by atoms with Gasteiger partial charge in [0.15, 0.2) is 0 Å². The van der Waals surface area contributed by atoms with E-state index in [1.54, 1.807) is 7.11 Å². The Morgan fingerprint density at radius 2 is 2.12 bits per heavy atom. The van der Waals surface area contributed by atoms with Gasteiger partial charge < -0.3 is 15.4 Å². The van der Waals surface area contributed by atoms with Crippen molar-refractivity contribution in [3.8, 4) is 0 Å². The zero-order valence-electron chi connectivity index (χ0n) is 10.5. The van der Waals surface area contributed by atoms with Crippen LogP contribution in [0.15, 0.2) is 18.2 Å². The van der Waals surface area contributed by atoms with E-state index < -0.39 is 0 Å². The summed E-state index contributed by atoms with van der Waals surface area (Å²) in [6.07, 6.45) is 0.925. The summed E-state index contributed by atoms with van der Waals surface area (Å²) >= 11 is 0. The Morgan fingerprint density at radius 1 is 1.38 bits per heavy atom. The van der Waals surface area contributed by atoms with Crippen molar-refractivity contribution in [3.63, 3.8) is 0 Å². The lowest BCUT2D eigenvalue weighted by molar-refractivity contribution is 0.206. The number of aryl methyl sites for hydroxylation is 1. The van der Waals surface area contributed by atoms with Gasteiger partial charge in [-0.05, 0) is 31.5 Å². The molecular weight excluding hydrogens is 200 g/mol. The molecule has 0 fully saturated rings. The SMILES string of the molecule is COCCN(C)c1ccc(C)cc1CCN. The molecule has 90 valence electrons. The van der Waals surface area contributed by atoms with Gasteiger partial charge in [-0.2, -0.15) is 0 Å². The third-order valence-corrected chi connectivity index (χ3v) is 2.69. The molecule has 0 aliphatic heterocycles. The Bertz CT molecular complexity index is 326. The zero-order chi connectivity index (χ0) is 12.0. The molecule has 2 N–H and O–H groups in total. The molecule has 0 radical (unpaired) electrons. The van der Waals surface area contributed by atoms with Gasteiger partial charge in [0.2, 0.25) is 0 Å². The van der Waals surface area contributed by atoms with Crippen LogP contribution >= 0.6 is 0 Å². The molecule has 1 aromatic carbocycles. The van der Waals surface area contributed by atoms with E-state index in [0.29, 0.717) is 6.54 Å². The third-order valence-electron chi connectivity index (χ3n) is 2.69. The van der Waals surface area contributed by atoms with Crippen LogP contribution in [0.3, 0.4) is 0 Å². The van der Waals surface area contributed by atoms with E-state index in [2.05, 4.69) is 37.1 Å². The van der Waals surface area contributed by atoms with Gasteiger partial charge in [0.25, 0.3) is 0 Å². The summed E-state index contributed by atoms with van der Waals surface area (Å²) < 4.78 is 5.09. The fraction of sp³-hybridized carbons (Fsp3) is 0.538. The number of methoxy groups -OCH3 is 1. The number of anilines is 1. The summed E-state index contributed by atoms with van der Waals surface area (Å²) in [5.74, 6) is 0. The Balaban J connectivity index is 2.84. The standard InChI is InChI=1S/C13H22N2O/c1-11-4-5-13(12(10-11)6-7-14)15(2)8-9-16-3/h4-5,10H,6-9,14H2,1-3H3. The van der Waals surface area contributed by atoms with Crippen molar-refractivity contribution in [2.24, 2.45) is 5.73 Å². The van der Waals surface area contributed by atoms with Crippen molar-refractivity contribution in [1.82, 2.24) is 0 Å². The van der Waals surface area contributed by atoms with Gasteiger partial charge in [0.1, 0.15) is 0 Å². The molecule has 0 aromatic heterocycles. The number of nitrogens with zero attached hydrogens (tertiary/aromatic N) is 1. The first-order valence-electron chi connectivity index (χ1n) is 5.68. The van der Waals surface area contributed by atoms with Crippen LogP contribution in [0.1, 0.15) is 11.1 Å². The predicted octanol–water partition coefficient (Wildman–Crippen LogP) is 1.58. The Morgan fingerprint density at radius 3 is 2.75 bits per heavy atom. The lowest BCUT2D eigenvalue weighted by atomic mass is 10.1. The Hall–Kier alpha value is -1.06. The molecule has 3 heteroatoms. The molecule has 0 atom stereocenters. The lowest BCUT2D eigenvalue weighted by Gasteiger charge is -2.22. The van der Waals surface area contributed by atoms with Crippen LogP contribution < -0.4 is 10.6 Å². The Kier molecular flexibility index (Phi) is 5.29. The van der Waals surface area contributed by atoms with Crippen molar-refractivity contribution in [2.75, 3.05) is 38.8 Å². The van der Waals surface area contributed by atoms with Crippen LogP contribution in [0.4, 0.5) is 5.69 Å². The average Bonchev–Trinajstić information content (AvgIpc) is 2.26. The van der Waals surface area contributed by atoms with Gasteiger partial charge >= 0.3 is 0 Å². The number of nitrogens with two attached hydrogens (primary N) is 1. The highest BCUT2D eigenvalue weighted by Crippen LogP contribution is 2.21. The van der Waals surface area contributed by atoms with Crippen LogP contribution in [-0.2, 0) is 11.2 Å². The summed E-state index contributed by atoms with van der Waals surface area (Å²) in [7, 11) is 3.81. The summed E-state index contributed by atoms with van der Waals surface area (Å²) in [6, 6.07) is 6.51. The molecule has 1 aromatic rings. The predicted molar refractivity (Wildman–Crippen MR) is 69.1 cm³/mol. The first kappa shape index (κ1) is 13.0. The maximum absolute atomic E-state index is 5.64. The third kappa shape index (κ3) is 3.51. The number of hydrogen-bond acceptors (Lipinski definition) is 3. The second-order valence-corrected chi connectivity index (χ2v) is 4.09. The molecule has 0 saturated heterocycles. The highest BCUT2D eigenvalue weighted by molar-refractivity contribution is 5.54. The van der Waals surface area contributed by atoms with E-state index in [1.165, 1.54) is 16.8 Å². The molecular formula is C13H22N2O. The molecule has 0 aliphatic carbocycles. The highest BCUT2D eigenvalue weighted by atomic mass is 16.5. The summed E-state index contributed by atoms with van der Waals surface area (Å²) in [5, 5.41) is 0. The smallest absolute Gasteiger partial charge is 0.0637 e. The topological polar surface area (TPSA) is 38.5 Å². The van der Waals surface area contributed by atoms with E-state index in [4.69, 9.17) is 10.5 Å². The number of ether oxygens (including phenoxy) is 1.